The first kappa shape index (κ1) is 11.2. The summed E-state index contributed by atoms with van der Waals surface area (Å²) in [7, 11) is 0. The fraction of sp³-hybridized carbons (Fsp3) is 0.857. The van der Waals surface area contributed by atoms with Crippen molar-refractivity contribution in [2.75, 3.05) is 13.2 Å². The quantitative estimate of drug-likeness (QED) is 0.144. The van der Waals surface area contributed by atoms with Crippen molar-refractivity contribution in [3.05, 3.63) is 0 Å². The van der Waals surface area contributed by atoms with Gasteiger partial charge in [-0.1, -0.05) is 6.92 Å². The first-order valence-electron chi connectivity index (χ1n) is 4.08. The molecule has 0 rings (SSSR count). The van der Waals surface area contributed by atoms with Crippen LogP contribution >= 0.6 is 0 Å². The summed E-state index contributed by atoms with van der Waals surface area (Å²) in [5.41, 5.74) is 7.53. The van der Waals surface area contributed by atoms with E-state index in [0.717, 1.165) is 12.8 Å². The average molecular weight is 174 g/mol. The maximum atomic E-state index is 8.70. The van der Waals surface area contributed by atoms with Crippen LogP contribution in [0, 0.1) is 5.92 Å². The van der Waals surface area contributed by atoms with Crippen LogP contribution in [0.4, 0.5) is 0 Å². The molecule has 0 heterocycles. The minimum atomic E-state index is 0.230. The number of nitrogens with one attached hydrogen (secondary N) is 1. The molecule has 0 saturated carbocycles. The van der Waals surface area contributed by atoms with Crippen LogP contribution in [0.5, 0.6) is 0 Å². The summed E-state index contributed by atoms with van der Waals surface area (Å²) >= 11 is 0. The summed E-state index contributed by atoms with van der Waals surface area (Å²) < 4.78 is 0. The number of aliphatic imine (C=N–C) groups is 1. The Morgan fingerprint density at radius 2 is 2.33 bits per heavy atom. The summed E-state index contributed by atoms with van der Waals surface area (Å²) in [6, 6.07) is 0. The van der Waals surface area contributed by atoms with Crippen LogP contribution in [0.3, 0.4) is 0 Å². The van der Waals surface area contributed by atoms with E-state index in [1.165, 1.54) is 0 Å². The van der Waals surface area contributed by atoms with Crippen LogP contribution in [0.25, 0.3) is 0 Å². The molecule has 0 aromatic carbocycles. The Balaban J connectivity index is 3.32. The summed E-state index contributed by atoms with van der Waals surface area (Å²) in [5.74, 6) is 5.59. The highest BCUT2D eigenvalue weighted by Gasteiger charge is 1.97. The normalized spacial score (nSPS) is 14.4. The van der Waals surface area contributed by atoms with E-state index in [9.17, 15) is 0 Å². The molecule has 1 unspecified atom stereocenters. The van der Waals surface area contributed by atoms with E-state index >= 15 is 0 Å². The molecule has 0 saturated heterocycles. The Morgan fingerprint density at radius 3 is 2.83 bits per heavy atom. The zero-order chi connectivity index (χ0) is 9.40. The number of aliphatic hydroxyl groups excluding tert-OH is 1. The molecule has 5 nitrogen and oxygen atoms in total. The van der Waals surface area contributed by atoms with Gasteiger partial charge in [0.15, 0.2) is 0 Å². The van der Waals surface area contributed by atoms with Crippen molar-refractivity contribution in [2.45, 2.75) is 19.8 Å². The van der Waals surface area contributed by atoms with E-state index in [4.69, 9.17) is 16.7 Å². The lowest BCUT2D eigenvalue weighted by molar-refractivity contribution is 0.229. The third kappa shape index (κ3) is 5.94. The van der Waals surface area contributed by atoms with E-state index in [2.05, 4.69) is 10.4 Å². The van der Waals surface area contributed by atoms with Gasteiger partial charge in [0.2, 0.25) is 5.96 Å². The van der Waals surface area contributed by atoms with Crippen LogP contribution < -0.4 is 17.0 Å². The van der Waals surface area contributed by atoms with Gasteiger partial charge >= 0.3 is 0 Å². The fourth-order valence-electron chi connectivity index (χ4n) is 0.776. The number of nitrogens with zero attached hydrogens (tertiary/aromatic N) is 1. The standard InChI is InChI=1S/C7H18N4O/c1-6(5-12)3-2-4-10-7(8)11-9/h6,12H,2-5,9H2,1H3,(H3,8,10,11). The van der Waals surface area contributed by atoms with Crippen molar-refractivity contribution in [3.8, 4) is 0 Å². The first-order valence-corrected chi connectivity index (χ1v) is 4.08. The maximum Gasteiger partial charge on any atom is 0.203 e. The molecule has 0 radical (unpaired) electrons. The van der Waals surface area contributed by atoms with Crippen LogP contribution in [0.1, 0.15) is 19.8 Å². The molecule has 5 heteroatoms. The largest absolute Gasteiger partial charge is 0.396 e. The van der Waals surface area contributed by atoms with Gasteiger partial charge in [0.1, 0.15) is 0 Å². The Kier molecular flexibility index (Phi) is 6.41. The Hall–Kier alpha value is -0.810. The summed E-state index contributed by atoms with van der Waals surface area (Å²) in [6.07, 6.45) is 1.88. The zero-order valence-electron chi connectivity index (χ0n) is 7.45. The molecule has 0 aliphatic heterocycles. The van der Waals surface area contributed by atoms with Crippen LogP contribution in [-0.2, 0) is 0 Å². The second-order valence-corrected chi connectivity index (χ2v) is 2.84. The number of hydrazine groups is 1. The molecule has 0 amide bonds. The van der Waals surface area contributed by atoms with E-state index in [1.807, 2.05) is 6.92 Å². The average Bonchev–Trinajstić information content (AvgIpc) is 2.11. The molecule has 0 bridgehead atoms. The maximum absolute atomic E-state index is 8.70. The first-order chi connectivity index (χ1) is 5.70. The lowest BCUT2D eigenvalue weighted by Gasteiger charge is -2.05. The van der Waals surface area contributed by atoms with Gasteiger partial charge in [0.05, 0.1) is 0 Å². The molecule has 12 heavy (non-hydrogen) atoms. The molecule has 0 spiro atoms. The number of nitrogens with two attached hydrogens (primary N) is 2. The lowest BCUT2D eigenvalue weighted by Crippen LogP contribution is -2.37. The Labute approximate surface area is 72.8 Å². The molecule has 72 valence electrons. The molecule has 0 aromatic heterocycles. The van der Waals surface area contributed by atoms with Gasteiger partial charge in [-0.25, -0.2) is 5.84 Å². The Morgan fingerprint density at radius 1 is 1.67 bits per heavy atom. The number of guanidine groups is 1. The van der Waals surface area contributed by atoms with Crippen molar-refractivity contribution < 1.29 is 5.11 Å². The number of rotatable bonds is 5. The van der Waals surface area contributed by atoms with E-state index in [0.29, 0.717) is 12.5 Å². The van der Waals surface area contributed by atoms with Crippen LogP contribution in [0.15, 0.2) is 4.99 Å². The number of aliphatic hydroxyl groups is 1. The SMILES string of the molecule is CC(CO)CCCN=C(N)NN. The minimum absolute atomic E-state index is 0.230. The van der Waals surface area contributed by atoms with Gasteiger partial charge < -0.3 is 10.8 Å². The third-order valence-electron chi connectivity index (χ3n) is 1.60. The van der Waals surface area contributed by atoms with E-state index < -0.39 is 0 Å². The molecule has 0 fully saturated rings. The predicted octanol–water partition coefficient (Wildman–Crippen LogP) is -0.827. The van der Waals surface area contributed by atoms with Crippen molar-refractivity contribution in [1.29, 1.82) is 0 Å². The molecule has 1 atom stereocenters. The van der Waals surface area contributed by atoms with Gasteiger partial charge in [-0.3, -0.25) is 10.4 Å². The summed E-state index contributed by atoms with van der Waals surface area (Å²) in [6.45, 7) is 2.88. The smallest absolute Gasteiger partial charge is 0.203 e. The van der Waals surface area contributed by atoms with Crippen LogP contribution in [0.2, 0.25) is 0 Å². The van der Waals surface area contributed by atoms with Gasteiger partial charge in [0, 0.05) is 13.2 Å². The number of hydrogen-bond acceptors (Lipinski definition) is 3. The van der Waals surface area contributed by atoms with Crippen LogP contribution in [-0.4, -0.2) is 24.2 Å². The molecular weight excluding hydrogens is 156 g/mol. The lowest BCUT2D eigenvalue weighted by atomic mass is 10.1. The van der Waals surface area contributed by atoms with Crippen molar-refractivity contribution in [3.63, 3.8) is 0 Å². The second-order valence-electron chi connectivity index (χ2n) is 2.84. The van der Waals surface area contributed by atoms with Gasteiger partial charge in [0.25, 0.3) is 0 Å². The second kappa shape index (κ2) is 6.87. The topological polar surface area (TPSA) is 96.7 Å². The minimum Gasteiger partial charge on any atom is -0.396 e. The number of hydrogen-bond donors (Lipinski definition) is 4. The summed E-state index contributed by atoms with van der Waals surface area (Å²) in [4.78, 5) is 3.93. The Bertz CT molecular complexity index is 137. The highest BCUT2D eigenvalue weighted by Crippen LogP contribution is 2.03. The van der Waals surface area contributed by atoms with Crippen molar-refractivity contribution in [1.82, 2.24) is 5.43 Å². The van der Waals surface area contributed by atoms with Gasteiger partial charge in [-0.2, -0.15) is 0 Å². The highest BCUT2D eigenvalue weighted by molar-refractivity contribution is 5.76. The molecule has 0 aromatic rings. The fourth-order valence-corrected chi connectivity index (χ4v) is 0.776. The molecule has 0 aliphatic carbocycles. The third-order valence-corrected chi connectivity index (χ3v) is 1.60. The molecule has 0 aliphatic rings. The molecule has 6 N–H and O–H groups in total. The zero-order valence-corrected chi connectivity index (χ0v) is 7.45. The van der Waals surface area contributed by atoms with E-state index in [1.54, 1.807) is 0 Å². The van der Waals surface area contributed by atoms with E-state index in [-0.39, 0.29) is 12.6 Å². The van der Waals surface area contributed by atoms with Gasteiger partial charge in [-0.15, -0.1) is 0 Å². The molecular formula is C7H18N4O. The van der Waals surface area contributed by atoms with Gasteiger partial charge in [-0.05, 0) is 18.8 Å². The monoisotopic (exact) mass is 174 g/mol. The highest BCUT2D eigenvalue weighted by atomic mass is 16.3. The summed E-state index contributed by atoms with van der Waals surface area (Å²) in [5, 5.41) is 8.70. The van der Waals surface area contributed by atoms with Crippen molar-refractivity contribution in [2.24, 2.45) is 22.5 Å². The predicted molar refractivity (Wildman–Crippen MR) is 49.3 cm³/mol. The van der Waals surface area contributed by atoms with Crippen molar-refractivity contribution >= 4 is 5.96 Å².